The number of amides is 2. The Morgan fingerprint density at radius 2 is 2.03 bits per heavy atom. The molecule has 0 saturated carbocycles. The molecule has 2 aromatic carbocycles. The average Bonchev–Trinajstić information content (AvgIpc) is 3.11. The summed E-state index contributed by atoms with van der Waals surface area (Å²) >= 11 is 0. The zero-order valence-corrected chi connectivity index (χ0v) is 17.0. The fourth-order valence-electron chi connectivity index (χ4n) is 3.16. The van der Waals surface area contributed by atoms with Crippen molar-refractivity contribution in [3.63, 3.8) is 0 Å². The number of halogens is 1. The monoisotopic (exact) mass is 409 g/mol. The van der Waals surface area contributed by atoms with Crippen LogP contribution in [0.25, 0.3) is 11.1 Å². The molecule has 1 heterocycles. The molecule has 7 heteroatoms. The highest BCUT2D eigenvalue weighted by molar-refractivity contribution is 5.90. The number of ether oxygens (including phenoxy) is 1. The number of rotatable bonds is 7. The Hall–Kier alpha value is -3.37. The van der Waals surface area contributed by atoms with E-state index in [2.05, 4.69) is 22.5 Å². The number of benzene rings is 2. The van der Waals surface area contributed by atoms with Gasteiger partial charge >= 0.3 is 6.09 Å². The van der Waals surface area contributed by atoms with Gasteiger partial charge in [-0.05, 0) is 36.2 Å². The molecule has 30 heavy (non-hydrogen) atoms. The van der Waals surface area contributed by atoms with E-state index in [1.807, 2.05) is 24.3 Å². The van der Waals surface area contributed by atoms with Gasteiger partial charge < -0.3 is 15.4 Å². The summed E-state index contributed by atoms with van der Waals surface area (Å²) in [5.74, 6) is 5.15. The van der Waals surface area contributed by atoms with E-state index in [0.29, 0.717) is 24.3 Å². The largest absolute Gasteiger partial charge is 0.442 e. The van der Waals surface area contributed by atoms with Crippen molar-refractivity contribution in [2.24, 2.45) is 0 Å². The first-order valence-electron chi connectivity index (χ1n) is 9.69. The number of nitrogens with zero attached hydrogens (tertiary/aromatic N) is 1. The summed E-state index contributed by atoms with van der Waals surface area (Å²) < 4.78 is 20.0. The molecule has 0 aromatic heterocycles. The van der Waals surface area contributed by atoms with Crippen LogP contribution < -0.4 is 15.5 Å². The lowest BCUT2D eigenvalue weighted by molar-refractivity contribution is -0.119. The molecular formula is C23H24FN3O3. The number of cyclic esters (lactones) is 1. The number of nitrogens with one attached hydrogen (secondary N) is 2. The van der Waals surface area contributed by atoms with Crippen molar-refractivity contribution in [3.05, 3.63) is 53.8 Å². The van der Waals surface area contributed by atoms with Crippen LogP contribution in [-0.2, 0) is 16.1 Å². The summed E-state index contributed by atoms with van der Waals surface area (Å²) in [6.45, 7) is 4.98. The molecule has 1 fully saturated rings. The SMILES string of the molecule is CC#CCNCc1ccc(-c2ccc(N3C[C@H](CNC(C)=O)OC3=O)cc2F)cc1. The Morgan fingerprint density at radius 3 is 2.70 bits per heavy atom. The highest BCUT2D eigenvalue weighted by Crippen LogP contribution is 2.29. The summed E-state index contributed by atoms with van der Waals surface area (Å²) in [5.41, 5.74) is 2.71. The minimum absolute atomic E-state index is 0.198. The van der Waals surface area contributed by atoms with E-state index in [-0.39, 0.29) is 19.0 Å². The fourth-order valence-corrected chi connectivity index (χ4v) is 3.16. The van der Waals surface area contributed by atoms with Gasteiger partial charge in [-0.2, -0.15) is 0 Å². The van der Waals surface area contributed by atoms with Crippen LogP contribution >= 0.6 is 0 Å². The van der Waals surface area contributed by atoms with Crippen LogP contribution in [0, 0.1) is 17.7 Å². The Morgan fingerprint density at radius 1 is 1.27 bits per heavy atom. The molecule has 0 spiro atoms. The summed E-state index contributed by atoms with van der Waals surface area (Å²) in [6, 6.07) is 12.3. The summed E-state index contributed by atoms with van der Waals surface area (Å²) in [7, 11) is 0. The second-order valence-electron chi connectivity index (χ2n) is 6.94. The van der Waals surface area contributed by atoms with E-state index in [1.54, 1.807) is 19.1 Å². The van der Waals surface area contributed by atoms with Gasteiger partial charge in [-0.3, -0.25) is 9.69 Å². The summed E-state index contributed by atoms with van der Waals surface area (Å²) in [5, 5.41) is 5.83. The Kier molecular flexibility index (Phi) is 7.04. The van der Waals surface area contributed by atoms with Crippen LogP contribution in [0.2, 0.25) is 0 Å². The second-order valence-corrected chi connectivity index (χ2v) is 6.94. The first-order valence-corrected chi connectivity index (χ1v) is 9.69. The molecule has 1 aliphatic rings. The second kappa shape index (κ2) is 9.90. The van der Waals surface area contributed by atoms with E-state index in [1.165, 1.54) is 17.9 Å². The van der Waals surface area contributed by atoms with Crippen LogP contribution in [-0.4, -0.2) is 37.7 Å². The zero-order chi connectivity index (χ0) is 21.5. The van der Waals surface area contributed by atoms with Crippen molar-refractivity contribution in [3.8, 4) is 23.0 Å². The van der Waals surface area contributed by atoms with Crippen LogP contribution in [0.5, 0.6) is 0 Å². The molecule has 0 unspecified atom stereocenters. The van der Waals surface area contributed by atoms with E-state index in [0.717, 1.165) is 11.1 Å². The Bertz CT molecular complexity index is 979. The summed E-state index contributed by atoms with van der Waals surface area (Å²) in [4.78, 5) is 24.5. The third-order valence-corrected chi connectivity index (χ3v) is 4.70. The molecule has 1 atom stereocenters. The van der Waals surface area contributed by atoms with E-state index >= 15 is 0 Å². The number of hydrogen-bond acceptors (Lipinski definition) is 4. The first kappa shape index (κ1) is 21.3. The molecule has 2 aromatic rings. The molecule has 0 radical (unpaired) electrons. The van der Waals surface area contributed by atoms with Crippen molar-refractivity contribution < 1.29 is 18.7 Å². The third kappa shape index (κ3) is 5.37. The molecule has 2 N–H and O–H groups in total. The molecule has 0 bridgehead atoms. The van der Waals surface area contributed by atoms with E-state index in [9.17, 15) is 14.0 Å². The Balaban J connectivity index is 1.67. The van der Waals surface area contributed by atoms with Crippen LogP contribution in [0.15, 0.2) is 42.5 Å². The molecule has 6 nitrogen and oxygen atoms in total. The van der Waals surface area contributed by atoms with Gasteiger partial charge in [-0.1, -0.05) is 30.2 Å². The third-order valence-electron chi connectivity index (χ3n) is 4.70. The first-order chi connectivity index (χ1) is 14.5. The predicted octanol–water partition coefficient (Wildman–Crippen LogP) is 3.07. The number of carbonyl (C=O) groups is 2. The quantitative estimate of drug-likeness (QED) is 0.545. The maximum Gasteiger partial charge on any atom is 0.414 e. The smallest absolute Gasteiger partial charge is 0.414 e. The lowest BCUT2D eigenvalue weighted by Gasteiger charge is -2.14. The van der Waals surface area contributed by atoms with Gasteiger partial charge in [0.25, 0.3) is 0 Å². The zero-order valence-electron chi connectivity index (χ0n) is 17.0. The highest BCUT2D eigenvalue weighted by atomic mass is 19.1. The van der Waals surface area contributed by atoms with E-state index < -0.39 is 18.0 Å². The van der Waals surface area contributed by atoms with Gasteiger partial charge in [0.2, 0.25) is 5.91 Å². The number of anilines is 1. The topological polar surface area (TPSA) is 70.7 Å². The van der Waals surface area contributed by atoms with Crippen LogP contribution in [0.1, 0.15) is 19.4 Å². The van der Waals surface area contributed by atoms with Crippen molar-refractivity contribution in [1.82, 2.24) is 10.6 Å². The minimum atomic E-state index is -0.554. The van der Waals surface area contributed by atoms with Crippen LogP contribution in [0.4, 0.5) is 14.9 Å². The minimum Gasteiger partial charge on any atom is -0.442 e. The molecule has 1 aliphatic heterocycles. The standard InChI is InChI=1S/C23H24FN3O3/c1-3-4-11-25-13-17-5-7-18(8-6-17)21-10-9-19(12-22(21)24)27-15-20(30-23(27)29)14-26-16(2)28/h5-10,12,20,25H,11,13-15H2,1-2H3,(H,26,28)/t20-/m0/s1. The normalized spacial score (nSPS) is 15.4. The van der Waals surface area contributed by atoms with Gasteiger partial charge in [0.05, 0.1) is 25.3 Å². The number of carbonyl (C=O) groups excluding carboxylic acids is 2. The van der Waals surface area contributed by atoms with Crippen molar-refractivity contribution >= 4 is 17.7 Å². The lowest BCUT2D eigenvalue weighted by atomic mass is 10.0. The Labute approximate surface area is 175 Å². The highest BCUT2D eigenvalue weighted by Gasteiger charge is 2.32. The molecule has 2 amide bonds. The maximum atomic E-state index is 14.8. The fraction of sp³-hybridized carbons (Fsp3) is 0.304. The van der Waals surface area contributed by atoms with Gasteiger partial charge in [0, 0.05) is 19.0 Å². The number of hydrogen-bond donors (Lipinski definition) is 2. The van der Waals surface area contributed by atoms with Gasteiger partial charge in [0.15, 0.2) is 0 Å². The molecular weight excluding hydrogens is 385 g/mol. The molecule has 3 rings (SSSR count). The lowest BCUT2D eigenvalue weighted by Crippen LogP contribution is -2.33. The van der Waals surface area contributed by atoms with E-state index in [4.69, 9.17) is 4.74 Å². The van der Waals surface area contributed by atoms with Crippen LogP contribution in [0.3, 0.4) is 0 Å². The maximum absolute atomic E-state index is 14.8. The molecule has 156 valence electrons. The predicted molar refractivity (Wildman–Crippen MR) is 113 cm³/mol. The van der Waals surface area contributed by atoms with Gasteiger partial charge in [-0.25, -0.2) is 9.18 Å². The summed E-state index contributed by atoms with van der Waals surface area (Å²) in [6.07, 6.45) is -1.02. The van der Waals surface area contributed by atoms with Crippen molar-refractivity contribution in [1.29, 1.82) is 0 Å². The van der Waals surface area contributed by atoms with Crippen molar-refractivity contribution in [2.75, 3.05) is 24.5 Å². The molecule has 1 saturated heterocycles. The van der Waals surface area contributed by atoms with Gasteiger partial charge in [0.1, 0.15) is 11.9 Å². The average molecular weight is 409 g/mol. The van der Waals surface area contributed by atoms with Crippen molar-refractivity contribution in [2.45, 2.75) is 26.5 Å². The van der Waals surface area contributed by atoms with Gasteiger partial charge in [-0.15, -0.1) is 5.92 Å². The molecule has 0 aliphatic carbocycles.